The molecule has 0 amide bonds. The molecule has 2 rings (SSSR count). The number of oxazole rings is 1. The van der Waals surface area contributed by atoms with Crippen LogP contribution in [0.1, 0.15) is 11.5 Å². The van der Waals surface area contributed by atoms with Crippen molar-refractivity contribution in [1.29, 1.82) is 0 Å². The van der Waals surface area contributed by atoms with Gasteiger partial charge in [-0.05, 0) is 34.5 Å². The van der Waals surface area contributed by atoms with Gasteiger partial charge in [0.05, 0.1) is 21.4 Å². The monoisotopic (exact) mass is 272 g/mol. The van der Waals surface area contributed by atoms with Gasteiger partial charge in [-0.1, -0.05) is 0 Å². The van der Waals surface area contributed by atoms with Crippen molar-refractivity contribution in [2.24, 2.45) is 5.73 Å². The van der Waals surface area contributed by atoms with E-state index < -0.39 is 0 Å². The molecule has 0 aliphatic heterocycles. The van der Waals surface area contributed by atoms with Crippen LogP contribution >= 0.6 is 27.3 Å². The summed E-state index contributed by atoms with van der Waals surface area (Å²) < 4.78 is 6.56. The number of nitrogens with two attached hydrogens (primary N) is 1. The van der Waals surface area contributed by atoms with Crippen LogP contribution in [0.5, 0.6) is 0 Å². The quantitative estimate of drug-likeness (QED) is 0.915. The highest BCUT2D eigenvalue weighted by molar-refractivity contribution is 9.11. The molecule has 0 aliphatic rings. The summed E-state index contributed by atoms with van der Waals surface area (Å²) in [4.78, 5) is 5.12. The maximum atomic E-state index is 5.44. The number of hydrogen-bond donors (Lipinski definition) is 1. The zero-order chi connectivity index (χ0) is 10.1. The van der Waals surface area contributed by atoms with Crippen molar-refractivity contribution in [2.45, 2.75) is 13.5 Å². The molecule has 2 heterocycles. The first-order valence-electron chi connectivity index (χ1n) is 4.12. The van der Waals surface area contributed by atoms with Gasteiger partial charge in [0.25, 0.3) is 0 Å². The summed E-state index contributed by atoms with van der Waals surface area (Å²) in [6.07, 6.45) is 1.71. The lowest BCUT2D eigenvalue weighted by molar-refractivity contribution is 0.510. The highest BCUT2D eigenvalue weighted by Crippen LogP contribution is 2.34. The topological polar surface area (TPSA) is 52.0 Å². The van der Waals surface area contributed by atoms with Crippen LogP contribution in [0.4, 0.5) is 0 Å². The third-order valence-electron chi connectivity index (χ3n) is 1.83. The first kappa shape index (κ1) is 9.89. The molecule has 0 saturated heterocycles. The SMILES string of the molecule is Cc1cc(-c2cnc(CN)o2)sc1Br. The number of rotatable bonds is 2. The second-order valence-electron chi connectivity index (χ2n) is 2.89. The minimum atomic E-state index is 0.339. The molecule has 0 unspecified atom stereocenters. The fourth-order valence-corrected chi connectivity index (χ4v) is 2.58. The number of halogens is 1. The Morgan fingerprint density at radius 2 is 2.43 bits per heavy atom. The van der Waals surface area contributed by atoms with Crippen molar-refractivity contribution in [1.82, 2.24) is 4.98 Å². The van der Waals surface area contributed by atoms with Gasteiger partial charge in [0.1, 0.15) is 0 Å². The Bertz CT molecular complexity index is 430. The van der Waals surface area contributed by atoms with E-state index in [2.05, 4.69) is 27.0 Å². The molecule has 0 aromatic carbocycles. The van der Waals surface area contributed by atoms with Gasteiger partial charge in [0.15, 0.2) is 5.76 Å². The number of thiophene rings is 1. The highest BCUT2D eigenvalue weighted by atomic mass is 79.9. The molecule has 3 nitrogen and oxygen atoms in total. The first-order valence-corrected chi connectivity index (χ1v) is 5.72. The van der Waals surface area contributed by atoms with Crippen LogP contribution in [0.2, 0.25) is 0 Å². The summed E-state index contributed by atoms with van der Waals surface area (Å²) in [6, 6.07) is 2.07. The molecule has 0 radical (unpaired) electrons. The molecule has 0 spiro atoms. The normalized spacial score (nSPS) is 10.8. The van der Waals surface area contributed by atoms with Gasteiger partial charge in [-0.15, -0.1) is 11.3 Å². The van der Waals surface area contributed by atoms with E-state index in [0.717, 1.165) is 14.4 Å². The van der Waals surface area contributed by atoms with Crippen molar-refractivity contribution >= 4 is 27.3 Å². The Hall–Kier alpha value is -0.650. The smallest absolute Gasteiger partial charge is 0.208 e. The van der Waals surface area contributed by atoms with E-state index in [9.17, 15) is 0 Å². The Balaban J connectivity index is 2.39. The van der Waals surface area contributed by atoms with Crippen molar-refractivity contribution in [3.8, 4) is 10.6 Å². The maximum absolute atomic E-state index is 5.44. The zero-order valence-electron chi connectivity index (χ0n) is 7.58. The lowest BCUT2D eigenvalue weighted by atomic mass is 10.3. The van der Waals surface area contributed by atoms with E-state index in [4.69, 9.17) is 10.2 Å². The second-order valence-corrected chi connectivity index (χ2v) is 5.26. The largest absolute Gasteiger partial charge is 0.438 e. The first-order chi connectivity index (χ1) is 6.70. The molecule has 14 heavy (non-hydrogen) atoms. The number of aryl methyl sites for hydroxylation is 1. The van der Waals surface area contributed by atoms with Gasteiger partial charge in [0.2, 0.25) is 5.89 Å². The summed E-state index contributed by atoms with van der Waals surface area (Å²) >= 11 is 5.10. The van der Waals surface area contributed by atoms with Gasteiger partial charge in [-0.2, -0.15) is 0 Å². The molecule has 2 N–H and O–H groups in total. The molecule has 0 bridgehead atoms. The van der Waals surface area contributed by atoms with E-state index in [1.807, 2.05) is 6.92 Å². The Labute approximate surface area is 94.1 Å². The van der Waals surface area contributed by atoms with Gasteiger partial charge < -0.3 is 10.2 Å². The van der Waals surface area contributed by atoms with Gasteiger partial charge in [-0.3, -0.25) is 0 Å². The number of aromatic nitrogens is 1. The average molecular weight is 273 g/mol. The molecule has 5 heteroatoms. The molecule has 2 aromatic heterocycles. The standard InChI is InChI=1S/C9H9BrN2OS/c1-5-2-7(14-9(5)10)6-4-12-8(3-11)13-6/h2,4H,3,11H2,1H3. The van der Waals surface area contributed by atoms with E-state index in [1.54, 1.807) is 17.5 Å². The highest BCUT2D eigenvalue weighted by Gasteiger charge is 2.09. The van der Waals surface area contributed by atoms with Crippen molar-refractivity contribution in [2.75, 3.05) is 0 Å². The third-order valence-corrected chi connectivity index (χ3v) is 3.98. The fraction of sp³-hybridized carbons (Fsp3) is 0.222. The number of hydrogen-bond acceptors (Lipinski definition) is 4. The van der Waals surface area contributed by atoms with Crippen molar-refractivity contribution < 1.29 is 4.42 Å². The third kappa shape index (κ3) is 1.75. The lowest BCUT2D eigenvalue weighted by Crippen LogP contribution is -1.94. The molecular weight excluding hydrogens is 264 g/mol. The van der Waals surface area contributed by atoms with Gasteiger partial charge >= 0.3 is 0 Å². The van der Waals surface area contributed by atoms with Crippen molar-refractivity contribution in [3.05, 3.63) is 27.5 Å². The van der Waals surface area contributed by atoms with Gasteiger partial charge in [0, 0.05) is 0 Å². The minimum Gasteiger partial charge on any atom is -0.438 e. The van der Waals surface area contributed by atoms with Crippen LogP contribution in [-0.2, 0) is 6.54 Å². The van der Waals surface area contributed by atoms with E-state index in [-0.39, 0.29) is 0 Å². The molecule has 0 aliphatic carbocycles. The molecule has 2 aromatic rings. The van der Waals surface area contributed by atoms with E-state index in [0.29, 0.717) is 12.4 Å². The second kappa shape index (κ2) is 3.84. The molecule has 0 atom stereocenters. The molecule has 0 saturated carbocycles. The lowest BCUT2D eigenvalue weighted by Gasteiger charge is -1.87. The molecular formula is C9H9BrN2OS. The van der Waals surface area contributed by atoms with Crippen LogP contribution in [0, 0.1) is 6.92 Å². The average Bonchev–Trinajstić information content (AvgIpc) is 2.74. The fourth-order valence-electron chi connectivity index (χ4n) is 1.10. The summed E-state index contributed by atoms with van der Waals surface area (Å²) in [5.74, 6) is 1.35. The van der Waals surface area contributed by atoms with Crippen LogP contribution in [0.15, 0.2) is 20.5 Å². The summed E-state index contributed by atoms with van der Waals surface area (Å²) in [5.41, 5.74) is 6.62. The zero-order valence-corrected chi connectivity index (χ0v) is 9.98. The van der Waals surface area contributed by atoms with Crippen molar-refractivity contribution in [3.63, 3.8) is 0 Å². The Morgan fingerprint density at radius 3 is 2.93 bits per heavy atom. The molecule has 74 valence electrons. The van der Waals surface area contributed by atoms with E-state index >= 15 is 0 Å². The van der Waals surface area contributed by atoms with E-state index in [1.165, 1.54) is 5.56 Å². The maximum Gasteiger partial charge on any atom is 0.208 e. The minimum absolute atomic E-state index is 0.339. The van der Waals surface area contributed by atoms with Crippen LogP contribution in [-0.4, -0.2) is 4.98 Å². The van der Waals surface area contributed by atoms with Gasteiger partial charge in [-0.25, -0.2) is 4.98 Å². The summed E-state index contributed by atoms with van der Waals surface area (Å²) in [7, 11) is 0. The Kier molecular flexibility index (Phi) is 2.71. The van der Waals surface area contributed by atoms with Crippen LogP contribution < -0.4 is 5.73 Å². The summed E-state index contributed by atoms with van der Waals surface area (Å²) in [6.45, 7) is 2.38. The summed E-state index contributed by atoms with van der Waals surface area (Å²) in [5, 5.41) is 0. The molecule has 0 fully saturated rings. The predicted molar refractivity (Wildman–Crippen MR) is 60.1 cm³/mol. The number of nitrogens with zero attached hydrogens (tertiary/aromatic N) is 1. The van der Waals surface area contributed by atoms with Crippen LogP contribution in [0.25, 0.3) is 10.6 Å². The Morgan fingerprint density at radius 1 is 1.64 bits per heavy atom. The van der Waals surface area contributed by atoms with Crippen LogP contribution in [0.3, 0.4) is 0 Å². The predicted octanol–water partition coefficient (Wildman–Crippen LogP) is 2.93.